The van der Waals surface area contributed by atoms with E-state index in [-0.39, 0.29) is 12.2 Å². The summed E-state index contributed by atoms with van der Waals surface area (Å²) in [5.41, 5.74) is -4.68. The van der Waals surface area contributed by atoms with Gasteiger partial charge in [-0.15, -0.1) is 0 Å². The molecule has 148 valence electrons. The second-order valence-electron chi connectivity index (χ2n) is 6.62. The van der Waals surface area contributed by atoms with Crippen LogP contribution in [0.15, 0.2) is 29.2 Å². The number of benzene rings is 1. The number of sulfone groups is 1. The van der Waals surface area contributed by atoms with Gasteiger partial charge >= 0.3 is 5.51 Å². The number of anilines is 1. The van der Waals surface area contributed by atoms with Crippen molar-refractivity contribution in [3.8, 4) is 0 Å². The van der Waals surface area contributed by atoms with Gasteiger partial charge in [0.25, 0.3) is 9.84 Å². The van der Waals surface area contributed by atoms with E-state index in [1.54, 1.807) is 0 Å². The van der Waals surface area contributed by atoms with Crippen LogP contribution in [0.25, 0.3) is 0 Å². The van der Waals surface area contributed by atoms with E-state index < -0.39 is 20.2 Å². The van der Waals surface area contributed by atoms with Crippen LogP contribution in [0.5, 0.6) is 0 Å². The van der Waals surface area contributed by atoms with Crippen molar-refractivity contribution in [3.05, 3.63) is 24.3 Å². The third-order valence-corrected chi connectivity index (χ3v) is 5.70. The van der Waals surface area contributed by atoms with Crippen LogP contribution in [-0.2, 0) is 14.6 Å². The van der Waals surface area contributed by atoms with Crippen molar-refractivity contribution in [2.45, 2.75) is 49.3 Å². The first-order chi connectivity index (χ1) is 12.1. The Morgan fingerprint density at radius 2 is 1.69 bits per heavy atom. The molecule has 1 aliphatic heterocycles. The Hall–Kier alpha value is -1.32. The van der Waals surface area contributed by atoms with Crippen LogP contribution in [0.3, 0.4) is 0 Å². The molecule has 0 radical (unpaired) electrons. The van der Waals surface area contributed by atoms with E-state index in [1.807, 2.05) is 0 Å². The summed E-state index contributed by atoms with van der Waals surface area (Å²) in [4.78, 5) is 1.63. The largest absolute Gasteiger partial charge is 0.501 e. The molecule has 1 aromatic carbocycles. The topological polar surface area (TPSA) is 58.6 Å². The summed E-state index contributed by atoms with van der Waals surface area (Å²) in [6.45, 7) is 7.61. The highest BCUT2D eigenvalue weighted by molar-refractivity contribution is 7.92. The van der Waals surface area contributed by atoms with Gasteiger partial charge in [0, 0.05) is 25.3 Å². The third kappa shape index (κ3) is 5.59. The van der Waals surface area contributed by atoms with Crippen molar-refractivity contribution in [3.63, 3.8) is 0 Å². The van der Waals surface area contributed by atoms with Crippen LogP contribution < -0.4 is 5.32 Å². The van der Waals surface area contributed by atoms with Gasteiger partial charge in [0.15, 0.2) is 0 Å². The molecule has 1 N–H and O–H groups in total. The first-order valence-corrected chi connectivity index (χ1v) is 10.1. The quantitative estimate of drug-likeness (QED) is 0.720. The number of halogens is 3. The minimum absolute atomic E-state index is 0.239. The number of nitrogens with zero attached hydrogens (tertiary/aromatic N) is 1. The first-order valence-electron chi connectivity index (χ1n) is 8.62. The van der Waals surface area contributed by atoms with Crippen molar-refractivity contribution in [1.29, 1.82) is 0 Å². The molecule has 2 rings (SSSR count). The zero-order valence-corrected chi connectivity index (χ0v) is 15.7. The Kier molecular flexibility index (Phi) is 6.92. The summed E-state index contributed by atoms with van der Waals surface area (Å²) in [5.74, 6) is 0. The number of morpholine rings is 1. The molecular formula is C17H25F3N2O3S. The van der Waals surface area contributed by atoms with E-state index in [4.69, 9.17) is 4.74 Å². The first kappa shape index (κ1) is 21.0. The normalized spacial score (nSPS) is 22.3. The van der Waals surface area contributed by atoms with Crippen molar-refractivity contribution in [2.75, 3.05) is 31.5 Å². The summed E-state index contributed by atoms with van der Waals surface area (Å²) in [5, 5.41) is 3.10. The van der Waals surface area contributed by atoms with E-state index in [1.165, 1.54) is 12.1 Å². The van der Waals surface area contributed by atoms with Gasteiger partial charge in [-0.3, -0.25) is 4.90 Å². The molecule has 1 fully saturated rings. The Morgan fingerprint density at radius 1 is 1.12 bits per heavy atom. The summed E-state index contributed by atoms with van der Waals surface area (Å²) in [6.07, 6.45) is 2.38. The SMILES string of the molecule is C[C@@H]1CN(CCCCNc2ccc(S(=O)(=O)C(F)(F)F)cc2)C[C@@H](C)O1. The third-order valence-electron chi connectivity index (χ3n) is 4.19. The maximum Gasteiger partial charge on any atom is 0.501 e. The zero-order chi connectivity index (χ0) is 19.4. The van der Waals surface area contributed by atoms with Gasteiger partial charge in [0.1, 0.15) is 0 Å². The lowest BCUT2D eigenvalue weighted by molar-refractivity contribution is -0.0681. The van der Waals surface area contributed by atoms with E-state index in [0.29, 0.717) is 12.2 Å². The fraction of sp³-hybridized carbons (Fsp3) is 0.647. The van der Waals surface area contributed by atoms with Crippen molar-refractivity contribution < 1.29 is 26.3 Å². The minimum atomic E-state index is -5.29. The molecular weight excluding hydrogens is 369 g/mol. The van der Waals surface area contributed by atoms with Crippen LogP contribution in [0, 0.1) is 0 Å². The average molecular weight is 394 g/mol. The number of hydrogen-bond donors (Lipinski definition) is 1. The Bertz CT molecular complexity index is 667. The number of ether oxygens (including phenoxy) is 1. The van der Waals surface area contributed by atoms with E-state index in [9.17, 15) is 21.6 Å². The van der Waals surface area contributed by atoms with Crippen LogP contribution >= 0.6 is 0 Å². The van der Waals surface area contributed by atoms with Crippen LogP contribution in [0.1, 0.15) is 26.7 Å². The summed E-state index contributed by atoms with van der Waals surface area (Å²) in [7, 11) is -5.29. The molecule has 5 nitrogen and oxygen atoms in total. The van der Waals surface area contributed by atoms with Crippen LogP contribution in [-0.4, -0.2) is 57.2 Å². The van der Waals surface area contributed by atoms with Gasteiger partial charge in [0.2, 0.25) is 0 Å². The number of alkyl halides is 3. The van der Waals surface area contributed by atoms with Crippen molar-refractivity contribution in [1.82, 2.24) is 4.90 Å². The molecule has 0 unspecified atom stereocenters. The zero-order valence-electron chi connectivity index (χ0n) is 14.9. The van der Waals surface area contributed by atoms with Crippen LogP contribution in [0.2, 0.25) is 0 Å². The van der Waals surface area contributed by atoms with Gasteiger partial charge in [-0.2, -0.15) is 13.2 Å². The molecule has 1 aliphatic rings. The molecule has 2 atom stereocenters. The molecule has 0 spiro atoms. The monoisotopic (exact) mass is 394 g/mol. The molecule has 1 saturated heterocycles. The van der Waals surface area contributed by atoms with Gasteiger partial charge < -0.3 is 10.1 Å². The molecule has 9 heteroatoms. The highest BCUT2D eigenvalue weighted by Gasteiger charge is 2.46. The van der Waals surface area contributed by atoms with Gasteiger partial charge in [-0.25, -0.2) is 8.42 Å². The minimum Gasteiger partial charge on any atom is -0.385 e. The molecule has 0 aliphatic carbocycles. The Labute approximate surface area is 152 Å². The molecule has 1 aromatic rings. The molecule has 26 heavy (non-hydrogen) atoms. The predicted molar refractivity (Wildman–Crippen MR) is 93.9 cm³/mol. The summed E-state index contributed by atoms with van der Waals surface area (Å²) < 4.78 is 65.8. The van der Waals surface area contributed by atoms with E-state index in [2.05, 4.69) is 24.1 Å². The van der Waals surface area contributed by atoms with Gasteiger partial charge in [-0.1, -0.05) is 0 Å². The second kappa shape index (κ2) is 8.58. The highest BCUT2D eigenvalue weighted by Crippen LogP contribution is 2.30. The summed E-state index contributed by atoms with van der Waals surface area (Å²) >= 11 is 0. The second-order valence-corrected chi connectivity index (χ2v) is 8.57. The smallest absolute Gasteiger partial charge is 0.385 e. The predicted octanol–water partition coefficient (Wildman–Crippen LogP) is 3.28. The number of hydrogen-bond acceptors (Lipinski definition) is 5. The number of nitrogens with one attached hydrogen (secondary N) is 1. The maximum absolute atomic E-state index is 12.5. The lowest BCUT2D eigenvalue weighted by Crippen LogP contribution is -2.45. The van der Waals surface area contributed by atoms with Crippen molar-refractivity contribution in [2.24, 2.45) is 0 Å². The average Bonchev–Trinajstić information content (AvgIpc) is 2.53. The van der Waals surface area contributed by atoms with Gasteiger partial charge in [-0.05, 0) is 57.5 Å². The molecule has 1 heterocycles. The number of rotatable bonds is 7. The molecule has 0 amide bonds. The van der Waals surface area contributed by atoms with Gasteiger partial charge in [0.05, 0.1) is 17.1 Å². The van der Waals surface area contributed by atoms with E-state index >= 15 is 0 Å². The Morgan fingerprint density at radius 3 is 2.23 bits per heavy atom. The molecule has 0 aromatic heterocycles. The molecule has 0 bridgehead atoms. The lowest BCUT2D eigenvalue weighted by atomic mass is 10.2. The standard InChI is InChI=1S/C17H25F3N2O3S/c1-13-11-22(12-14(2)25-13)10-4-3-9-21-15-5-7-16(8-6-15)26(23,24)17(18,19)20/h5-8,13-14,21H,3-4,9-12H2,1-2H3/t13-,14-/m1/s1. The molecule has 0 saturated carbocycles. The lowest BCUT2D eigenvalue weighted by Gasteiger charge is -2.35. The van der Waals surface area contributed by atoms with Crippen LogP contribution in [0.4, 0.5) is 18.9 Å². The fourth-order valence-electron chi connectivity index (χ4n) is 3.05. The maximum atomic E-state index is 12.5. The van der Waals surface area contributed by atoms with E-state index in [0.717, 1.165) is 44.6 Å². The summed E-state index contributed by atoms with van der Waals surface area (Å²) in [6, 6.07) is 4.65. The number of unbranched alkanes of at least 4 members (excludes halogenated alkanes) is 1. The highest BCUT2D eigenvalue weighted by atomic mass is 32.2. The van der Waals surface area contributed by atoms with Crippen molar-refractivity contribution >= 4 is 15.5 Å². The Balaban J connectivity index is 1.73. The fourth-order valence-corrected chi connectivity index (χ4v) is 3.81.